The Labute approximate surface area is 117 Å². The summed E-state index contributed by atoms with van der Waals surface area (Å²) in [6, 6.07) is 0. The molecular formula is C14H20N6. The highest BCUT2D eigenvalue weighted by Crippen LogP contribution is 2.61. The van der Waals surface area contributed by atoms with Gasteiger partial charge >= 0.3 is 0 Å². The second-order valence-electron chi connectivity index (χ2n) is 6.05. The van der Waals surface area contributed by atoms with E-state index in [1.54, 1.807) is 6.20 Å². The molecule has 6 heteroatoms. The van der Waals surface area contributed by atoms with E-state index in [0.29, 0.717) is 11.4 Å². The summed E-state index contributed by atoms with van der Waals surface area (Å²) in [6.07, 6.45) is 7.35. The third-order valence-corrected chi connectivity index (χ3v) is 4.59. The predicted octanol–water partition coefficient (Wildman–Crippen LogP) is 2.39. The minimum atomic E-state index is 0.555. The molecule has 0 bridgehead atoms. The average molecular weight is 272 g/mol. The number of aromatic nitrogens is 4. The highest BCUT2D eigenvalue weighted by atomic mass is 15.2. The van der Waals surface area contributed by atoms with Crippen LogP contribution in [0.3, 0.4) is 0 Å². The Bertz CT molecular complexity index is 626. The monoisotopic (exact) mass is 272 g/mol. The molecule has 20 heavy (non-hydrogen) atoms. The number of aromatic amines is 1. The highest BCUT2D eigenvalue weighted by Gasteiger charge is 2.53. The average Bonchev–Trinajstić information content (AvgIpc) is 3.34. The third-order valence-electron chi connectivity index (χ3n) is 4.59. The maximum Gasteiger partial charge on any atom is 0.226 e. The summed E-state index contributed by atoms with van der Waals surface area (Å²) in [5, 5.41) is 14.7. The van der Waals surface area contributed by atoms with E-state index in [9.17, 15) is 0 Å². The molecule has 0 amide bonds. The number of anilines is 2. The van der Waals surface area contributed by atoms with Crippen LogP contribution in [-0.2, 0) is 0 Å². The number of hydrogen-bond acceptors (Lipinski definition) is 5. The lowest BCUT2D eigenvalue weighted by atomic mass is 10.0. The molecule has 106 valence electrons. The number of hydrogen-bond donors (Lipinski definition) is 3. The minimum Gasteiger partial charge on any atom is -0.369 e. The van der Waals surface area contributed by atoms with E-state index in [4.69, 9.17) is 0 Å². The Kier molecular flexibility index (Phi) is 2.58. The second-order valence-corrected chi connectivity index (χ2v) is 6.05. The predicted molar refractivity (Wildman–Crippen MR) is 78.7 cm³/mol. The lowest BCUT2D eigenvalue weighted by Crippen LogP contribution is -2.18. The Morgan fingerprint density at radius 2 is 2.15 bits per heavy atom. The fourth-order valence-corrected chi connectivity index (χ4v) is 3.05. The van der Waals surface area contributed by atoms with Crippen molar-refractivity contribution in [2.24, 2.45) is 11.3 Å². The molecule has 0 atom stereocenters. The molecule has 2 fully saturated rings. The number of H-pyrrole nitrogens is 1. The van der Waals surface area contributed by atoms with Crippen molar-refractivity contribution in [1.29, 1.82) is 0 Å². The van der Waals surface area contributed by atoms with Crippen molar-refractivity contribution < 1.29 is 0 Å². The molecule has 3 N–H and O–H groups in total. The zero-order chi connectivity index (χ0) is 13.6. The van der Waals surface area contributed by atoms with E-state index >= 15 is 0 Å². The van der Waals surface area contributed by atoms with Crippen molar-refractivity contribution in [3.05, 3.63) is 6.20 Å². The number of rotatable bonds is 6. The summed E-state index contributed by atoms with van der Waals surface area (Å²) in [6.45, 7) is 3.88. The molecule has 2 saturated carbocycles. The highest BCUT2D eigenvalue weighted by molar-refractivity contribution is 5.87. The van der Waals surface area contributed by atoms with Gasteiger partial charge in [0.05, 0.1) is 11.6 Å². The molecule has 0 spiro atoms. The number of fused-ring (bicyclic) bond motifs is 1. The van der Waals surface area contributed by atoms with Crippen LogP contribution >= 0.6 is 0 Å². The molecule has 0 aliphatic heterocycles. The molecule has 2 aromatic rings. The van der Waals surface area contributed by atoms with E-state index in [1.165, 1.54) is 25.7 Å². The fourth-order valence-electron chi connectivity index (χ4n) is 3.05. The van der Waals surface area contributed by atoms with Crippen LogP contribution in [0.4, 0.5) is 11.8 Å². The third kappa shape index (κ3) is 1.99. The van der Waals surface area contributed by atoms with Gasteiger partial charge in [-0.3, -0.25) is 5.10 Å². The van der Waals surface area contributed by atoms with Gasteiger partial charge in [0.15, 0.2) is 5.65 Å². The Hall–Kier alpha value is -1.85. The molecule has 0 saturated heterocycles. The molecule has 0 aromatic carbocycles. The van der Waals surface area contributed by atoms with Crippen LogP contribution in [0.25, 0.3) is 11.0 Å². The summed E-state index contributed by atoms with van der Waals surface area (Å²) in [4.78, 5) is 8.99. The summed E-state index contributed by atoms with van der Waals surface area (Å²) in [5.41, 5.74) is 1.34. The standard InChI is InChI=1S/C14H20N6/c1-2-15-13-18-11(10-7-17-20-12(10)19-13)16-8-14(5-6-14)9-3-4-9/h7,9H,2-6,8H2,1H3,(H3,15,16,17,18,19,20). The maximum absolute atomic E-state index is 4.58. The van der Waals surface area contributed by atoms with Crippen LogP contribution in [0, 0.1) is 11.3 Å². The van der Waals surface area contributed by atoms with Gasteiger partial charge in [0.25, 0.3) is 0 Å². The topological polar surface area (TPSA) is 78.5 Å². The zero-order valence-electron chi connectivity index (χ0n) is 11.7. The van der Waals surface area contributed by atoms with E-state index < -0.39 is 0 Å². The van der Waals surface area contributed by atoms with Gasteiger partial charge in [-0.25, -0.2) is 0 Å². The van der Waals surface area contributed by atoms with Crippen molar-refractivity contribution in [2.75, 3.05) is 23.7 Å². The molecular weight excluding hydrogens is 252 g/mol. The van der Waals surface area contributed by atoms with Crippen LogP contribution in [0.5, 0.6) is 0 Å². The molecule has 2 aliphatic rings. The van der Waals surface area contributed by atoms with Gasteiger partial charge in [0, 0.05) is 13.1 Å². The van der Waals surface area contributed by atoms with Gasteiger partial charge in [-0.15, -0.1) is 0 Å². The minimum absolute atomic E-state index is 0.555. The van der Waals surface area contributed by atoms with Gasteiger partial charge < -0.3 is 10.6 Å². The van der Waals surface area contributed by atoms with Gasteiger partial charge in [0.1, 0.15) is 5.82 Å². The molecule has 0 unspecified atom stereocenters. The first kappa shape index (κ1) is 11.9. The largest absolute Gasteiger partial charge is 0.369 e. The first-order valence-electron chi connectivity index (χ1n) is 7.49. The molecule has 2 aromatic heterocycles. The molecule has 6 nitrogen and oxygen atoms in total. The summed E-state index contributed by atoms with van der Waals surface area (Å²) in [7, 11) is 0. The van der Waals surface area contributed by atoms with Crippen molar-refractivity contribution >= 4 is 22.8 Å². The van der Waals surface area contributed by atoms with E-state index in [0.717, 1.165) is 35.9 Å². The lowest BCUT2D eigenvalue weighted by molar-refractivity contribution is 0.466. The Morgan fingerprint density at radius 1 is 1.30 bits per heavy atom. The summed E-state index contributed by atoms with van der Waals surface area (Å²) in [5.74, 6) is 2.50. The van der Waals surface area contributed by atoms with Crippen molar-refractivity contribution in [3.63, 3.8) is 0 Å². The molecule has 2 heterocycles. The first-order valence-corrected chi connectivity index (χ1v) is 7.49. The normalized spacial score (nSPS) is 20.1. The van der Waals surface area contributed by atoms with Crippen LogP contribution < -0.4 is 10.6 Å². The van der Waals surface area contributed by atoms with E-state index in [-0.39, 0.29) is 0 Å². The summed E-state index contributed by atoms with van der Waals surface area (Å²) >= 11 is 0. The SMILES string of the molecule is CCNc1nc(NCC2(C3CC3)CC2)c2cn[nH]c2n1. The van der Waals surface area contributed by atoms with Crippen LogP contribution in [0.2, 0.25) is 0 Å². The van der Waals surface area contributed by atoms with Gasteiger partial charge in [-0.2, -0.15) is 15.1 Å². The van der Waals surface area contributed by atoms with Crippen LogP contribution in [-0.4, -0.2) is 33.3 Å². The van der Waals surface area contributed by atoms with E-state index in [2.05, 4.69) is 30.8 Å². The lowest BCUT2D eigenvalue weighted by Gasteiger charge is -2.16. The van der Waals surface area contributed by atoms with Gasteiger partial charge in [0.2, 0.25) is 5.95 Å². The maximum atomic E-state index is 4.58. The molecule has 4 rings (SSSR count). The van der Waals surface area contributed by atoms with Gasteiger partial charge in [-0.05, 0) is 43.9 Å². The summed E-state index contributed by atoms with van der Waals surface area (Å²) < 4.78 is 0. The molecule has 0 radical (unpaired) electrons. The Balaban J connectivity index is 1.59. The van der Waals surface area contributed by atoms with Crippen LogP contribution in [0.15, 0.2) is 6.20 Å². The smallest absolute Gasteiger partial charge is 0.226 e. The Morgan fingerprint density at radius 3 is 2.85 bits per heavy atom. The van der Waals surface area contributed by atoms with Crippen molar-refractivity contribution in [1.82, 2.24) is 20.2 Å². The molecule has 2 aliphatic carbocycles. The number of nitrogens with zero attached hydrogens (tertiary/aromatic N) is 3. The second kappa shape index (κ2) is 4.33. The quantitative estimate of drug-likeness (QED) is 0.752. The van der Waals surface area contributed by atoms with Crippen molar-refractivity contribution in [3.8, 4) is 0 Å². The zero-order valence-corrected chi connectivity index (χ0v) is 11.7. The number of nitrogens with one attached hydrogen (secondary N) is 3. The fraction of sp³-hybridized carbons (Fsp3) is 0.643. The van der Waals surface area contributed by atoms with E-state index in [1.807, 2.05) is 6.92 Å². The van der Waals surface area contributed by atoms with Crippen molar-refractivity contribution in [2.45, 2.75) is 32.6 Å². The van der Waals surface area contributed by atoms with Crippen LogP contribution in [0.1, 0.15) is 32.6 Å². The first-order chi connectivity index (χ1) is 9.81. The van der Waals surface area contributed by atoms with Gasteiger partial charge in [-0.1, -0.05) is 0 Å².